The average molecular weight is 373 g/mol. The van der Waals surface area contributed by atoms with E-state index < -0.39 is 15.9 Å². The van der Waals surface area contributed by atoms with Crippen LogP contribution in [0.5, 0.6) is 0 Å². The number of benzene rings is 1. The normalized spacial score (nSPS) is 11.7. The second kappa shape index (κ2) is 7.00. The zero-order chi connectivity index (χ0) is 17.2. The Morgan fingerprint density at radius 2 is 1.91 bits per heavy atom. The Labute approximate surface area is 144 Å². The predicted octanol–water partition coefficient (Wildman–Crippen LogP) is 3.28. The lowest BCUT2D eigenvalue weighted by Crippen LogP contribution is -2.34. The van der Waals surface area contributed by atoms with Crippen LogP contribution in [0.15, 0.2) is 34.5 Å². The number of sulfonamides is 1. The van der Waals surface area contributed by atoms with Crippen molar-refractivity contribution in [1.29, 1.82) is 0 Å². The molecular formula is C15H17ClN2O3S2. The number of anilines is 1. The van der Waals surface area contributed by atoms with Gasteiger partial charge in [-0.1, -0.05) is 17.7 Å². The highest BCUT2D eigenvalue weighted by Crippen LogP contribution is 2.27. The quantitative estimate of drug-likeness (QED) is 0.875. The van der Waals surface area contributed by atoms with Crippen molar-refractivity contribution in [3.05, 3.63) is 45.8 Å². The van der Waals surface area contributed by atoms with E-state index in [-0.39, 0.29) is 10.8 Å². The summed E-state index contributed by atoms with van der Waals surface area (Å²) >= 11 is 6.73. The number of thiophene rings is 1. The summed E-state index contributed by atoms with van der Waals surface area (Å²) in [5.74, 6) is -0.401. The lowest BCUT2D eigenvalue weighted by atomic mass is 10.1. The Balaban J connectivity index is 2.06. The zero-order valence-electron chi connectivity index (χ0n) is 13.0. The Hall–Kier alpha value is -1.41. The number of amides is 1. The average Bonchev–Trinajstić information content (AvgIpc) is 2.90. The molecular weight excluding hydrogens is 356 g/mol. The number of carbonyl (C=O) groups excluding carboxylic acids is 1. The molecule has 5 nitrogen and oxygen atoms in total. The molecule has 0 aliphatic carbocycles. The lowest BCUT2D eigenvalue weighted by molar-refractivity contribution is -0.116. The van der Waals surface area contributed by atoms with Crippen LogP contribution in [0.25, 0.3) is 0 Å². The highest BCUT2D eigenvalue weighted by atomic mass is 35.5. The van der Waals surface area contributed by atoms with Crippen LogP contribution in [-0.4, -0.2) is 32.2 Å². The molecule has 1 aromatic carbocycles. The third-order valence-electron chi connectivity index (χ3n) is 3.37. The Bertz CT molecular complexity index is 831. The fraction of sp³-hybridized carbons (Fsp3) is 0.267. The zero-order valence-corrected chi connectivity index (χ0v) is 15.3. The number of rotatable bonds is 5. The molecule has 1 amide bonds. The van der Waals surface area contributed by atoms with Gasteiger partial charge in [0.25, 0.3) is 10.0 Å². The molecule has 2 rings (SSSR count). The molecule has 2 aromatic rings. The van der Waals surface area contributed by atoms with Gasteiger partial charge < -0.3 is 5.32 Å². The highest BCUT2D eigenvalue weighted by Gasteiger charge is 2.24. The van der Waals surface area contributed by atoms with Crippen LogP contribution in [0.3, 0.4) is 0 Å². The molecule has 1 N–H and O–H groups in total. The van der Waals surface area contributed by atoms with Crippen LogP contribution < -0.4 is 5.32 Å². The van der Waals surface area contributed by atoms with Crippen molar-refractivity contribution < 1.29 is 13.2 Å². The number of hydrogen-bond donors (Lipinski definition) is 1. The molecule has 1 aromatic heterocycles. The van der Waals surface area contributed by atoms with E-state index in [2.05, 4.69) is 5.32 Å². The Morgan fingerprint density at radius 3 is 2.48 bits per heavy atom. The van der Waals surface area contributed by atoms with Crippen molar-refractivity contribution in [3.63, 3.8) is 0 Å². The molecule has 124 valence electrons. The van der Waals surface area contributed by atoms with Gasteiger partial charge in [-0.2, -0.15) is 4.31 Å². The van der Waals surface area contributed by atoms with E-state index in [0.717, 1.165) is 26.8 Å². The van der Waals surface area contributed by atoms with E-state index >= 15 is 0 Å². The maximum atomic E-state index is 12.3. The highest BCUT2D eigenvalue weighted by molar-refractivity contribution is 7.91. The third-order valence-corrected chi connectivity index (χ3v) is 6.87. The summed E-state index contributed by atoms with van der Waals surface area (Å²) in [6, 6.07) is 8.48. The second-order valence-electron chi connectivity index (χ2n) is 5.17. The number of nitrogens with zero attached hydrogens (tertiary/aromatic N) is 1. The van der Waals surface area contributed by atoms with E-state index in [9.17, 15) is 13.2 Å². The van der Waals surface area contributed by atoms with Gasteiger partial charge in [-0.05, 0) is 49.2 Å². The molecule has 1 heterocycles. The van der Waals surface area contributed by atoms with Gasteiger partial charge in [0.15, 0.2) is 0 Å². The van der Waals surface area contributed by atoms with Crippen molar-refractivity contribution in [2.24, 2.45) is 0 Å². The maximum absolute atomic E-state index is 12.3. The summed E-state index contributed by atoms with van der Waals surface area (Å²) in [6.45, 7) is 3.65. The molecule has 0 aliphatic rings. The molecule has 8 heteroatoms. The Morgan fingerprint density at radius 1 is 1.22 bits per heavy atom. The number of aryl methyl sites for hydroxylation is 2. The molecule has 0 fully saturated rings. The summed E-state index contributed by atoms with van der Waals surface area (Å²) in [5.41, 5.74) is 2.82. The minimum Gasteiger partial charge on any atom is -0.325 e. The third kappa shape index (κ3) is 4.32. The van der Waals surface area contributed by atoms with Crippen molar-refractivity contribution in [2.75, 3.05) is 18.9 Å². The molecule has 0 spiro atoms. The molecule has 0 atom stereocenters. The van der Waals surface area contributed by atoms with Crippen molar-refractivity contribution >= 4 is 44.6 Å². The number of nitrogens with one attached hydrogen (secondary N) is 1. The van der Waals surface area contributed by atoms with Crippen LogP contribution >= 0.6 is 22.9 Å². The Kier molecular flexibility index (Phi) is 5.46. The summed E-state index contributed by atoms with van der Waals surface area (Å²) in [7, 11) is -2.35. The first kappa shape index (κ1) is 17.9. The minimum atomic E-state index is -3.71. The first-order valence-corrected chi connectivity index (χ1v) is 9.42. The van der Waals surface area contributed by atoms with E-state index in [0.29, 0.717) is 10.0 Å². The van der Waals surface area contributed by atoms with Gasteiger partial charge in [-0.25, -0.2) is 8.42 Å². The fourth-order valence-corrected chi connectivity index (χ4v) is 4.72. The molecule has 0 radical (unpaired) electrons. The molecule has 0 saturated heterocycles. The second-order valence-corrected chi connectivity index (χ2v) is 9.15. The van der Waals surface area contributed by atoms with E-state index in [1.54, 1.807) is 6.07 Å². The largest absolute Gasteiger partial charge is 0.325 e. The number of hydrogen-bond acceptors (Lipinski definition) is 4. The standard InChI is InChI=1S/C15H17ClN2O3S2/c1-10-4-5-12(8-11(10)2)17-14(19)9-18(3)23(20,21)15-7-6-13(16)22-15/h4-8H,9H2,1-3H3,(H,17,19). The number of carbonyl (C=O) groups is 1. The SMILES string of the molecule is Cc1ccc(NC(=O)CN(C)S(=O)(=O)c2ccc(Cl)s2)cc1C. The first-order valence-electron chi connectivity index (χ1n) is 6.79. The van der Waals surface area contributed by atoms with Crippen LogP contribution in [0.4, 0.5) is 5.69 Å². The van der Waals surface area contributed by atoms with Crippen LogP contribution in [0.1, 0.15) is 11.1 Å². The summed E-state index contributed by atoms with van der Waals surface area (Å²) in [4.78, 5) is 12.1. The van der Waals surface area contributed by atoms with Crippen LogP contribution in [-0.2, 0) is 14.8 Å². The summed E-state index contributed by atoms with van der Waals surface area (Å²) < 4.78 is 26.2. The van der Waals surface area contributed by atoms with Gasteiger partial charge in [0.05, 0.1) is 10.9 Å². The molecule has 0 aliphatic heterocycles. The molecule has 0 unspecified atom stereocenters. The van der Waals surface area contributed by atoms with Crippen LogP contribution in [0.2, 0.25) is 4.34 Å². The van der Waals surface area contributed by atoms with Gasteiger partial charge >= 0.3 is 0 Å². The number of likely N-dealkylation sites (N-methyl/N-ethyl adjacent to an activating group) is 1. The van der Waals surface area contributed by atoms with Gasteiger partial charge in [-0.3, -0.25) is 4.79 Å². The molecule has 0 bridgehead atoms. The van der Waals surface area contributed by atoms with Crippen LogP contribution in [0, 0.1) is 13.8 Å². The number of halogens is 1. The topological polar surface area (TPSA) is 66.5 Å². The smallest absolute Gasteiger partial charge is 0.252 e. The van der Waals surface area contributed by atoms with Gasteiger partial charge in [-0.15, -0.1) is 11.3 Å². The van der Waals surface area contributed by atoms with Gasteiger partial charge in [0.1, 0.15) is 4.21 Å². The molecule has 23 heavy (non-hydrogen) atoms. The van der Waals surface area contributed by atoms with E-state index in [4.69, 9.17) is 11.6 Å². The van der Waals surface area contributed by atoms with E-state index in [1.165, 1.54) is 19.2 Å². The predicted molar refractivity (Wildman–Crippen MR) is 93.7 cm³/mol. The van der Waals surface area contributed by atoms with E-state index in [1.807, 2.05) is 26.0 Å². The summed E-state index contributed by atoms with van der Waals surface area (Å²) in [6.07, 6.45) is 0. The monoisotopic (exact) mass is 372 g/mol. The fourth-order valence-electron chi connectivity index (χ4n) is 1.90. The van der Waals surface area contributed by atoms with Crippen molar-refractivity contribution in [2.45, 2.75) is 18.1 Å². The lowest BCUT2D eigenvalue weighted by Gasteiger charge is -2.16. The summed E-state index contributed by atoms with van der Waals surface area (Å²) in [5, 5.41) is 2.70. The van der Waals surface area contributed by atoms with Crippen molar-refractivity contribution in [1.82, 2.24) is 4.31 Å². The van der Waals surface area contributed by atoms with Crippen molar-refractivity contribution in [3.8, 4) is 0 Å². The maximum Gasteiger partial charge on any atom is 0.252 e. The minimum absolute atomic E-state index is 0.115. The van der Waals surface area contributed by atoms with Gasteiger partial charge in [0.2, 0.25) is 5.91 Å². The first-order chi connectivity index (χ1) is 10.7. The van der Waals surface area contributed by atoms with Gasteiger partial charge in [0, 0.05) is 12.7 Å². The molecule has 0 saturated carbocycles.